The summed E-state index contributed by atoms with van der Waals surface area (Å²) in [5, 5.41) is 17.8. The Kier molecular flexibility index (Phi) is 4.76. The second-order valence-electron chi connectivity index (χ2n) is 6.52. The predicted octanol–water partition coefficient (Wildman–Crippen LogP) is 4.96. The molecule has 0 saturated carbocycles. The Hall–Kier alpha value is -3.67. The number of rotatable bonds is 5. The summed E-state index contributed by atoms with van der Waals surface area (Å²) in [4.78, 5) is 10.6. The van der Waals surface area contributed by atoms with Crippen LogP contribution in [0.25, 0.3) is 0 Å². The van der Waals surface area contributed by atoms with Crippen LogP contribution in [0.4, 0.5) is 11.4 Å². The molecule has 0 N–H and O–H groups in total. The number of hydrogen-bond acceptors (Lipinski definition) is 5. The van der Waals surface area contributed by atoms with E-state index in [0.29, 0.717) is 0 Å². The van der Waals surface area contributed by atoms with Crippen molar-refractivity contribution < 1.29 is 9.66 Å². The Morgan fingerprint density at radius 2 is 1.68 bits per heavy atom. The lowest BCUT2D eigenvalue weighted by Crippen LogP contribution is -2.18. The van der Waals surface area contributed by atoms with Crippen molar-refractivity contribution in [1.82, 2.24) is 0 Å². The third kappa shape index (κ3) is 3.44. The molecule has 1 atom stereocenters. The number of methoxy groups -OCH3 is 1. The second-order valence-corrected chi connectivity index (χ2v) is 6.52. The summed E-state index contributed by atoms with van der Waals surface area (Å²) >= 11 is 0. The highest BCUT2D eigenvalue weighted by atomic mass is 16.6. The molecule has 28 heavy (non-hydrogen) atoms. The van der Waals surface area contributed by atoms with Gasteiger partial charge in [0.2, 0.25) is 0 Å². The molecule has 0 aliphatic carbocycles. The molecule has 3 aromatic rings. The molecule has 0 spiro atoms. The Morgan fingerprint density at radius 1 is 1.00 bits per heavy atom. The average molecular weight is 373 g/mol. The zero-order valence-corrected chi connectivity index (χ0v) is 15.4. The Bertz CT molecular complexity index is 999. The van der Waals surface area contributed by atoms with E-state index in [9.17, 15) is 10.1 Å². The van der Waals surface area contributed by atoms with Gasteiger partial charge >= 0.3 is 0 Å². The number of nitrogens with zero attached hydrogens (tertiary/aromatic N) is 3. The summed E-state index contributed by atoms with van der Waals surface area (Å²) in [5.41, 5.74) is 4.05. The quantitative estimate of drug-likeness (QED) is 0.468. The van der Waals surface area contributed by atoms with Gasteiger partial charge in [0.05, 0.1) is 29.5 Å². The zero-order chi connectivity index (χ0) is 19.5. The molecule has 6 nitrogen and oxygen atoms in total. The van der Waals surface area contributed by atoms with Crippen LogP contribution in [0.5, 0.6) is 5.75 Å². The van der Waals surface area contributed by atoms with Crippen molar-refractivity contribution in [3.05, 3.63) is 100 Å². The molecule has 140 valence electrons. The van der Waals surface area contributed by atoms with Crippen molar-refractivity contribution in [3.8, 4) is 5.75 Å². The summed E-state index contributed by atoms with van der Waals surface area (Å²) < 4.78 is 5.26. The Labute approximate surface area is 162 Å². The van der Waals surface area contributed by atoms with Crippen LogP contribution in [0, 0.1) is 10.1 Å². The van der Waals surface area contributed by atoms with Gasteiger partial charge in [-0.05, 0) is 35.4 Å². The third-order valence-corrected chi connectivity index (χ3v) is 4.84. The number of hydrazone groups is 1. The van der Waals surface area contributed by atoms with Crippen molar-refractivity contribution in [2.75, 3.05) is 12.1 Å². The third-order valence-electron chi connectivity index (χ3n) is 4.84. The van der Waals surface area contributed by atoms with Gasteiger partial charge in [-0.1, -0.05) is 42.5 Å². The summed E-state index contributed by atoms with van der Waals surface area (Å²) in [6, 6.07) is 24.5. The molecule has 6 heteroatoms. The van der Waals surface area contributed by atoms with E-state index < -0.39 is 4.92 Å². The summed E-state index contributed by atoms with van der Waals surface area (Å²) in [5.74, 6) is 0.799. The minimum Gasteiger partial charge on any atom is -0.497 e. The van der Waals surface area contributed by atoms with E-state index in [2.05, 4.69) is 0 Å². The first kappa shape index (κ1) is 17.7. The smallest absolute Gasteiger partial charge is 0.269 e. The van der Waals surface area contributed by atoms with Crippen molar-refractivity contribution >= 4 is 17.1 Å². The average Bonchev–Trinajstić information content (AvgIpc) is 3.20. The van der Waals surface area contributed by atoms with E-state index in [1.165, 1.54) is 12.1 Å². The van der Waals surface area contributed by atoms with Crippen LogP contribution in [-0.2, 0) is 0 Å². The normalized spacial score (nSPS) is 16.0. The zero-order valence-electron chi connectivity index (χ0n) is 15.4. The number of ether oxygens (including phenoxy) is 1. The van der Waals surface area contributed by atoms with Gasteiger partial charge in [0.25, 0.3) is 5.69 Å². The van der Waals surface area contributed by atoms with Gasteiger partial charge in [0.1, 0.15) is 5.75 Å². The maximum atomic E-state index is 11.0. The molecule has 1 aliphatic heterocycles. The monoisotopic (exact) mass is 373 g/mol. The fourth-order valence-electron chi connectivity index (χ4n) is 3.37. The molecular formula is C22H19N3O3. The minimum atomic E-state index is -0.395. The minimum absolute atomic E-state index is 0.00238. The molecule has 3 aromatic carbocycles. The van der Waals surface area contributed by atoms with Crippen LogP contribution in [-0.4, -0.2) is 17.7 Å². The molecule has 0 saturated heterocycles. The van der Waals surface area contributed by atoms with Crippen LogP contribution in [0.3, 0.4) is 0 Å². The van der Waals surface area contributed by atoms with Crippen LogP contribution in [0.15, 0.2) is 84.0 Å². The fraction of sp³-hybridized carbons (Fsp3) is 0.136. The van der Waals surface area contributed by atoms with Crippen LogP contribution < -0.4 is 9.75 Å². The number of nitro benzene ring substituents is 1. The maximum Gasteiger partial charge on any atom is 0.269 e. The van der Waals surface area contributed by atoms with E-state index in [-0.39, 0.29) is 11.7 Å². The van der Waals surface area contributed by atoms with E-state index in [0.717, 1.165) is 34.7 Å². The molecule has 0 aromatic heterocycles. The maximum absolute atomic E-state index is 11.0. The number of hydrogen-bond donors (Lipinski definition) is 0. The molecule has 0 radical (unpaired) electrons. The Balaban J connectivity index is 1.72. The van der Waals surface area contributed by atoms with Gasteiger partial charge in [-0.3, -0.25) is 15.1 Å². The molecule has 4 rings (SSSR count). The number of benzene rings is 3. The van der Waals surface area contributed by atoms with Crippen molar-refractivity contribution in [2.45, 2.75) is 12.5 Å². The number of nitro groups is 1. The summed E-state index contributed by atoms with van der Waals surface area (Å²) in [7, 11) is 1.64. The molecular weight excluding hydrogens is 354 g/mol. The van der Waals surface area contributed by atoms with E-state index in [1.54, 1.807) is 19.2 Å². The van der Waals surface area contributed by atoms with Gasteiger partial charge in [-0.25, -0.2) is 0 Å². The van der Waals surface area contributed by atoms with Gasteiger partial charge < -0.3 is 4.74 Å². The molecule has 1 heterocycles. The van der Waals surface area contributed by atoms with Crippen molar-refractivity contribution in [1.29, 1.82) is 0 Å². The first-order valence-electron chi connectivity index (χ1n) is 8.96. The molecule has 0 unspecified atom stereocenters. The fourth-order valence-corrected chi connectivity index (χ4v) is 3.37. The van der Waals surface area contributed by atoms with E-state index in [4.69, 9.17) is 9.84 Å². The highest BCUT2D eigenvalue weighted by Gasteiger charge is 2.30. The van der Waals surface area contributed by atoms with Gasteiger partial charge in [0.15, 0.2) is 0 Å². The van der Waals surface area contributed by atoms with E-state index in [1.807, 2.05) is 59.6 Å². The van der Waals surface area contributed by atoms with Crippen LogP contribution in [0.2, 0.25) is 0 Å². The topological polar surface area (TPSA) is 68.0 Å². The summed E-state index contributed by atoms with van der Waals surface area (Å²) in [6.45, 7) is 0. The van der Waals surface area contributed by atoms with Gasteiger partial charge in [-0.2, -0.15) is 5.10 Å². The van der Waals surface area contributed by atoms with E-state index >= 15 is 0 Å². The first-order valence-corrected chi connectivity index (χ1v) is 8.96. The highest BCUT2D eigenvalue weighted by Crippen LogP contribution is 2.37. The molecule has 0 fully saturated rings. The standard InChI is InChI=1S/C22H19N3O3/c1-28-20-13-7-17(8-14-20)22-15-21(16-5-3-2-4-6-16)23-24(22)18-9-11-19(12-10-18)25(26)27/h2-14,22H,15H2,1H3/t22-/m0/s1. The molecule has 0 bridgehead atoms. The number of non-ortho nitro benzene ring substituents is 1. The van der Waals surface area contributed by atoms with Gasteiger partial charge in [0, 0.05) is 18.6 Å². The van der Waals surface area contributed by atoms with Crippen LogP contribution >= 0.6 is 0 Å². The Morgan fingerprint density at radius 3 is 2.29 bits per heavy atom. The predicted molar refractivity (Wildman–Crippen MR) is 109 cm³/mol. The lowest BCUT2D eigenvalue weighted by molar-refractivity contribution is -0.384. The lowest BCUT2D eigenvalue weighted by atomic mass is 9.98. The van der Waals surface area contributed by atoms with Crippen molar-refractivity contribution in [2.24, 2.45) is 5.10 Å². The lowest BCUT2D eigenvalue weighted by Gasteiger charge is -2.24. The molecule has 1 aliphatic rings. The number of anilines is 1. The van der Waals surface area contributed by atoms with Gasteiger partial charge in [-0.15, -0.1) is 0 Å². The SMILES string of the molecule is COc1ccc([C@@H]2CC(c3ccccc3)=NN2c2ccc([N+](=O)[O-])cc2)cc1. The highest BCUT2D eigenvalue weighted by molar-refractivity contribution is 6.03. The van der Waals surface area contributed by atoms with Crippen LogP contribution in [0.1, 0.15) is 23.6 Å². The molecule has 0 amide bonds. The summed E-state index contributed by atoms with van der Waals surface area (Å²) in [6.07, 6.45) is 0.743. The largest absolute Gasteiger partial charge is 0.497 e. The van der Waals surface area contributed by atoms with Crippen molar-refractivity contribution in [3.63, 3.8) is 0 Å². The first-order chi connectivity index (χ1) is 13.7. The second kappa shape index (κ2) is 7.52.